The molecule has 3 nitrogen and oxygen atoms in total. The van der Waals surface area contributed by atoms with Crippen LogP contribution in [-0.2, 0) is 13.0 Å². The Balaban J connectivity index is 1.54. The van der Waals surface area contributed by atoms with E-state index in [1.165, 1.54) is 11.1 Å². The number of thiophene rings is 1. The summed E-state index contributed by atoms with van der Waals surface area (Å²) in [5, 5.41) is 7.67. The van der Waals surface area contributed by atoms with Gasteiger partial charge in [0.25, 0.3) is 0 Å². The zero-order valence-electron chi connectivity index (χ0n) is 14.4. The summed E-state index contributed by atoms with van der Waals surface area (Å²) in [5.41, 5.74) is 3.65. The molecule has 0 bridgehead atoms. The quantitative estimate of drug-likeness (QED) is 0.524. The fourth-order valence-corrected chi connectivity index (χ4v) is 3.27. The molecule has 3 rings (SSSR count). The lowest BCUT2D eigenvalue weighted by molar-refractivity contribution is 0.289. The molecule has 0 saturated heterocycles. The third kappa shape index (κ3) is 5.26. The minimum absolute atomic E-state index is 0.666. The summed E-state index contributed by atoms with van der Waals surface area (Å²) in [5.74, 6) is 1.55. The van der Waals surface area contributed by atoms with Gasteiger partial charge in [-0.05, 0) is 52.9 Å². The Morgan fingerprint density at radius 1 is 0.960 bits per heavy atom. The van der Waals surface area contributed by atoms with Gasteiger partial charge in [-0.3, -0.25) is 0 Å². The molecule has 25 heavy (non-hydrogen) atoms. The first kappa shape index (κ1) is 17.4. The minimum Gasteiger partial charge on any atom is -0.493 e. The first-order valence-corrected chi connectivity index (χ1v) is 9.39. The molecule has 0 fully saturated rings. The predicted octanol–water partition coefficient (Wildman–Crippen LogP) is 5.38. The van der Waals surface area contributed by atoms with Gasteiger partial charge in [-0.25, -0.2) is 0 Å². The van der Waals surface area contributed by atoms with E-state index in [1.807, 2.05) is 24.3 Å². The fourth-order valence-electron chi connectivity index (χ4n) is 2.60. The maximum atomic E-state index is 5.96. The van der Waals surface area contributed by atoms with Crippen molar-refractivity contribution in [2.45, 2.75) is 19.4 Å². The number of methoxy groups -OCH3 is 1. The molecule has 0 spiro atoms. The molecule has 130 valence electrons. The van der Waals surface area contributed by atoms with Crippen LogP contribution in [0.25, 0.3) is 0 Å². The van der Waals surface area contributed by atoms with Crippen molar-refractivity contribution >= 4 is 17.0 Å². The smallest absolute Gasteiger partial charge is 0.163 e. The van der Waals surface area contributed by atoms with E-state index in [-0.39, 0.29) is 0 Å². The van der Waals surface area contributed by atoms with E-state index in [2.05, 4.69) is 46.4 Å². The highest BCUT2D eigenvalue weighted by Gasteiger charge is 2.06. The van der Waals surface area contributed by atoms with Crippen LogP contribution >= 0.6 is 11.3 Å². The number of hydrogen-bond donors (Lipinski definition) is 1. The molecular weight excluding hydrogens is 330 g/mol. The summed E-state index contributed by atoms with van der Waals surface area (Å²) < 4.78 is 11.4. The number of ether oxygens (including phenoxy) is 2. The Bertz CT molecular complexity index is 757. The summed E-state index contributed by atoms with van der Waals surface area (Å²) in [6.07, 6.45) is 1.99. The Kier molecular flexibility index (Phi) is 6.35. The Morgan fingerprint density at radius 3 is 2.60 bits per heavy atom. The van der Waals surface area contributed by atoms with Crippen molar-refractivity contribution in [3.05, 3.63) is 76.5 Å². The molecule has 0 aliphatic rings. The fraction of sp³-hybridized carbons (Fsp3) is 0.238. The van der Waals surface area contributed by atoms with Crippen LogP contribution in [0.4, 0.5) is 5.69 Å². The van der Waals surface area contributed by atoms with Gasteiger partial charge in [0.1, 0.15) is 0 Å². The molecule has 0 radical (unpaired) electrons. The van der Waals surface area contributed by atoms with E-state index >= 15 is 0 Å². The Labute approximate surface area is 153 Å². The van der Waals surface area contributed by atoms with E-state index in [0.29, 0.717) is 6.61 Å². The van der Waals surface area contributed by atoms with Crippen LogP contribution in [0.15, 0.2) is 65.4 Å². The monoisotopic (exact) mass is 353 g/mol. The highest BCUT2D eigenvalue weighted by molar-refractivity contribution is 7.07. The number of benzene rings is 2. The molecule has 1 heterocycles. The molecule has 1 N–H and O–H groups in total. The molecule has 0 atom stereocenters. The summed E-state index contributed by atoms with van der Waals surface area (Å²) in [7, 11) is 1.67. The van der Waals surface area contributed by atoms with E-state index < -0.39 is 0 Å². The van der Waals surface area contributed by atoms with Gasteiger partial charge in [0.2, 0.25) is 0 Å². The van der Waals surface area contributed by atoms with E-state index in [0.717, 1.165) is 36.6 Å². The standard InChI is InChI=1S/C21H23NO2S/c1-23-20-10-9-19(22-15-18-11-13-25-16-18)14-21(20)24-12-5-8-17-6-3-2-4-7-17/h2-4,6-7,9-11,13-14,16,22H,5,8,12,15H2,1H3. The van der Waals surface area contributed by atoms with Crippen LogP contribution in [0.5, 0.6) is 11.5 Å². The molecule has 0 amide bonds. The maximum absolute atomic E-state index is 5.96. The highest BCUT2D eigenvalue weighted by atomic mass is 32.1. The zero-order valence-corrected chi connectivity index (χ0v) is 15.2. The number of anilines is 1. The molecule has 0 unspecified atom stereocenters. The number of rotatable bonds is 9. The Morgan fingerprint density at radius 2 is 1.84 bits per heavy atom. The molecule has 1 aromatic heterocycles. The first-order chi connectivity index (χ1) is 12.3. The van der Waals surface area contributed by atoms with Crippen molar-refractivity contribution in [2.24, 2.45) is 0 Å². The van der Waals surface area contributed by atoms with Crippen LogP contribution in [0.3, 0.4) is 0 Å². The average Bonchev–Trinajstić information content (AvgIpc) is 3.18. The van der Waals surface area contributed by atoms with E-state index in [9.17, 15) is 0 Å². The molecule has 2 aromatic carbocycles. The second-order valence-electron chi connectivity index (χ2n) is 5.79. The normalized spacial score (nSPS) is 10.4. The van der Waals surface area contributed by atoms with E-state index in [4.69, 9.17) is 9.47 Å². The summed E-state index contributed by atoms with van der Waals surface area (Å²) in [6.45, 7) is 1.47. The van der Waals surface area contributed by atoms with Crippen molar-refractivity contribution < 1.29 is 9.47 Å². The van der Waals surface area contributed by atoms with Crippen molar-refractivity contribution in [1.82, 2.24) is 0 Å². The van der Waals surface area contributed by atoms with Gasteiger partial charge >= 0.3 is 0 Å². The van der Waals surface area contributed by atoms with Gasteiger partial charge in [-0.1, -0.05) is 30.3 Å². The third-order valence-electron chi connectivity index (χ3n) is 3.95. The molecule has 0 saturated carbocycles. The van der Waals surface area contributed by atoms with Crippen molar-refractivity contribution in [1.29, 1.82) is 0 Å². The van der Waals surface area contributed by atoms with Crippen molar-refractivity contribution in [3.63, 3.8) is 0 Å². The van der Waals surface area contributed by atoms with Crippen LogP contribution in [-0.4, -0.2) is 13.7 Å². The lowest BCUT2D eigenvalue weighted by Crippen LogP contribution is -2.03. The number of nitrogens with one attached hydrogen (secondary N) is 1. The van der Waals surface area contributed by atoms with E-state index in [1.54, 1.807) is 18.4 Å². The first-order valence-electron chi connectivity index (χ1n) is 8.45. The zero-order chi connectivity index (χ0) is 17.3. The van der Waals surface area contributed by atoms with Crippen LogP contribution in [0.1, 0.15) is 17.5 Å². The van der Waals surface area contributed by atoms with Crippen molar-refractivity contribution in [3.8, 4) is 11.5 Å². The topological polar surface area (TPSA) is 30.5 Å². The Hall–Kier alpha value is -2.46. The molecular formula is C21H23NO2S. The largest absolute Gasteiger partial charge is 0.493 e. The molecule has 0 aliphatic carbocycles. The second kappa shape index (κ2) is 9.14. The molecule has 0 aliphatic heterocycles. The summed E-state index contributed by atoms with van der Waals surface area (Å²) in [6, 6.07) is 18.6. The number of hydrogen-bond acceptors (Lipinski definition) is 4. The predicted molar refractivity (Wildman–Crippen MR) is 105 cm³/mol. The summed E-state index contributed by atoms with van der Waals surface area (Å²) >= 11 is 1.71. The van der Waals surface area contributed by atoms with Crippen molar-refractivity contribution in [2.75, 3.05) is 19.0 Å². The lowest BCUT2D eigenvalue weighted by atomic mass is 10.1. The summed E-state index contributed by atoms with van der Waals surface area (Å²) in [4.78, 5) is 0. The van der Waals surface area contributed by atoms with Crippen LogP contribution in [0, 0.1) is 0 Å². The number of aryl methyl sites for hydroxylation is 1. The SMILES string of the molecule is COc1ccc(NCc2ccsc2)cc1OCCCc1ccccc1. The van der Waals surface area contributed by atoms with Crippen LogP contribution in [0.2, 0.25) is 0 Å². The maximum Gasteiger partial charge on any atom is 0.163 e. The average molecular weight is 353 g/mol. The van der Waals surface area contributed by atoms with Gasteiger partial charge in [0.15, 0.2) is 11.5 Å². The minimum atomic E-state index is 0.666. The van der Waals surface area contributed by atoms with Gasteiger partial charge in [0, 0.05) is 18.3 Å². The second-order valence-corrected chi connectivity index (χ2v) is 6.57. The van der Waals surface area contributed by atoms with Gasteiger partial charge < -0.3 is 14.8 Å². The molecule has 3 aromatic rings. The van der Waals surface area contributed by atoms with Gasteiger partial charge in [-0.2, -0.15) is 11.3 Å². The third-order valence-corrected chi connectivity index (χ3v) is 4.68. The van der Waals surface area contributed by atoms with Gasteiger partial charge in [-0.15, -0.1) is 0 Å². The molecule has 4 heteroatoms. The lowest BCUT2D eigenvalue weighted by Gasteiger charge is -2.13. The van der Waals surface area contributed by atoms with Gasteiger partial charge in [0.05, 0.1) is 13.7 Å². The van der Waals surface area contributed by atoms with Crippen LogP contribution < -0.4 is 14.8 Å². The highest BCUT2D eigenvalue weighted by Crippen LogP contribution is 2.30.